The molecule has 0 bridgehead atoms. The maximum absolute atomic E-state index is 12.3. The van der Waals surface area contributed by atoms with Crippen LogP contribution in [-0.2, 0) is 33.3 Å². The van der Waals surface area contributed by atoms with Crippen LogP contribution in [0, 0.1) is 0 Å². The lowest BCUT2D eigenvalue weighted by atomic mass is 10.2. The van der Waals surface area contributed by atoms with Crippen molar-refractivity contribution in [3.8, 4) is 0 Å². The molecule has 1 aromatic heterocycles. The van der Waals surface area contributed by atoms with Crippen LogP contribution in [0.2, 0.25) is 0 Å². The number of nitrogen functional groups attached to an aromatic ring is 1. The van der Waals surface area contributed by atoms with Crippen molar-refractivity contribution in [3.63, 3.8) is 0 Å². The molecule has 0 spiro atoms. The molecule has 0 unspecified atom stereocenters. The molecule has 1 saturated heterocycles. The summed E-state index contributed by atoms with van der Waals surface area (Å²) < 4.78 is 26.4. The lowest BCUT2D eigenvalue weighted by molar-refractivity contribution is -0.137. The second-order valence-corrected chi connectivity index (χ2v) is 7.22. The molecule has 0 radical (unpaired) electrons. The molecule has 4 N–H and O–H groups in total. The fraction of sp³-hybridized carbons (Fsp3) is 0.667. The smallest absolute Gasteiger partial charge is 0.248 e. The highest BCUT2D eigenvalue weighted by atomic mass is 16.6. The molecule has 2 rings (SSSR count). The van der Waals surface area contributed by atoms with Gasteiger partial charge in [0.1, 0.15) is 19.0 Å². The highest BCUT2D eigenvalue weighted by Gasteiger charge is 2.21. The van der Waals surface area contributed by atoms with E-state index in [2.05, 4.69) is 9.88 Å². The molecule has 1 fully saturated rings. The summed E-state index contributed by atoms with van der Waals surface area (Å²) in [4.78, 5) is 30.9. The zero-order chi connectivity index (χ0) is 23.7. The van der Waals surface area contributed by atoms with Gasteiger partial charge in [-0.2, -0.15) is 0 Å². The standard InChI is InChI=1S/C21H35N5O7/c22-19-2-1-18(15-24-19)25-3-5-26(6-4-25)21(28)17-33-14-12-31-10-8-29-7-9-30-11-13-32-16-20(23)27/h1-2,15H,3-14,16-17H2,(H2,22,24)(H2,23,27). The molecule has 12 nitrogen and oxygen atoms in total. The first-order chi connectivity index (χ1) is 16.1. The van der Waals surface area contributed by atoms with Crippen LogP contribution in [-0.4, -0.2) is 114 Å². The van der Waals surface area contributed by atoms with Gasteiger partial charge in [0, 0.05) is 26.2 Å². The van der Waals surface area contributed by atoms with E-state index in [1.165, 1.54) is 0 Å². The largest absolute Gasteiger partial charge is 0.384 e. The number of anilines is 2. The van der Waals surface area contributed by atoms with E-state index in [0.29, 0.717) is 71.8 Å². The summed E-state index contributed by atoms with van der Waals surface area (Å²) >= 11 is 0. The Kier molecular flexibility index (Phi) is 13.1. The van der Waals surface area contributed by atoms with E-state index in [0.717, 1.165) is 18.8 Å². The number of piperazine rings is 1. The lowest BCUT2D eigenvalue weighted by Gasteiger charge is -2.35. The first kappa shape index (κ1) is 26.7. The molecule has 186 valence electrons. The topological polar surface area (TPSA) is 152 Å². The Balaban J connectivity index is 1.37. The zero-order valence-electron chi connectivity index (χ0n) is 19.0. The van der Waals surface area contributed by atoms with Crippen LogP contribution in [0.25, 0.3) is 0 Å². The number of carbonyl (C=O) groups is 2. The Morgan fingerprint density at radius 3 is 1.79 bits per heavy atom. The van der Waals surface area contributed by atoms with Crippen molar-refractivity contribution in [1.82, 2.24) is 9.88 Å². The van der Waals surface area contributed by atoms with E-state index in [4.69, 9.17) is 35.2 Å². The molecule has 0 atom stereocenters. The Morgan fingerprint density at radius 1 is 0.788 bits per heavy atom. The summed E-state index contributed by atoms with van der Waals surface area (Å²) in [6.07, 6.45) is 1.75. The summed E-state index contributed by atoms with van der Waals surface area (Å²) in [5.74, 6) is -0.0282. The molecule has 12 heteroatoms. The zero-order valence-corrected chi connectivity index (χ0v) is 19.0. The van der Waals surface area contributed by atoms with Crippen LogP contribution in [0.3, 0.4) is 0 Å². The third-order valence-corrected chi connectivity index (χ3v) is 4.73. The fourth-order valence-electron chi connectivity index (χ4n) is 3.00. The van der Waals surface area contributed by atoms with E-state index >= 15 is 0 Å². The molecule has 2 amide bonds. The Morgan fingerprint density at radius 2 is 1.30 bits per heavy atom. The second kappa shape index (κ2) is 16.2. The van der Waals surface area contributed by atoms with Gasteiger partial charge in [-0.1, -0.05) is 0 Å². The molecule has 0 saturated carbocycles. The van der Waals surface area contributed by atoms with Crippen molar-refractivity contribution in [1.29, 1.82) is 0 Å². The average Bonchev–Trinajstić information content (AvgIpc) is 2.82. The minimum absolute atomic E-state index is 0.0200. The van der Waals surface area contributed by atoms with Gasteiger partial charge in [0.25, 0.3) is 0 Å². The third-order valence-electron chi connectivity index (χ3n) is 4.73. The highest BCUT2D eigenvalue weighted by molar-refractivity contribution is 5.77. The van der Waals surface area contributed by atoms with Crippen molar-refractivity contribution in [2.45, 2.75) is 0 Å². The average molecular weight is 470 g/mol. The van der Waals surface area contributed by atoms with Crippen molar-refractivity contribution in [3.05, 3.63) is 18.3 Å². The van der Waals surface area contributed by atoms with Gasteiger partial charge in [0.2, 0.25) is 11.8 Å². The molecular formula is C21H35N5O7. The number of nitrogens with zero attached hydrogens (tertiary/aromatic N) is 3. The van der Waals surface area contributed by atoms with Crippen LogP contribution in [0.1, 0.15) is 0 Å². The van der Waals surface area contributed by atoms with Crippen molar-refractivity contribution in [2.24, 2.45) is 5.73 Å². The van der Waals surface area contributed by atoms with Crippen LogP contribution >= 0.6 is 0 Å². The number of rotatable bonds is 17. The van der Waals surface area contributed by atoms with Crippen molar-refractivity contribution >= 4 is 23.3 Å². The number of nitrogens with two attached hydrogens (primary N) is 2. The Bertz CT molecular complexity index is 684. The van der Waals surface area contributed by atoms with E-state index < -0.39 is 5.91 Å². The summed E-state index contributed by atoms with van der Waals surface area (Å²) in [6.45, 7) is 5.87. The fourth-order valence-corrected chi connectivity index (χ4v) is 3.00. The normalized spacial score (nSPS) is 13.9. The maximum atomic E-state index is 12.3. The quantitative estimate of drug-likeness (QED) is 0.268. The number of pyridine rings is 1. The molecule has 33 heavy (non-hydrogen) atoms. The van der Waals surface area contributed by atoms with Crippen LogP contribution in [0.15, 0.2) is 18.3 Å². The summed E-state index contributed by atoms with van der Waals surface area (Å²) in [5, 5.41) is 0. The molecule has 2 heterocycles. The number of carbonyl (C=O) groups excluding carboxylic acids is 2. The third kappa shape index (κ3) is 11.8. The summed E-state index contributed by atoms with van der Waals surface area (Å²) in [5.41, 5.74) is 11.6. The Hall–Kier alpha value is -2.51. The van der Waals surface area contributed by atoms with Crippen molar-refractivity contribution < 1.29 is 33.3 Å². The van der Waals surface area contributed by atoms with Gasteiger partial charge in [0.15, 0.2) is 0 Å². The van der Waals surface area contributed by atoms with Crippen LogP contribution < -0.4 is 16.4 Å². The van der Waals surface area contributed by atoms with E-state index in [9.17, 15) is 9.59 Å². The molecular weight excluding hydrogens is 434 g/mol. The summed E-state index contributed by atoms with van der Waals surface area (Å²) in [7, 11) is 0. The van der Waals surface area contributed by atoms with Gasteiger partial charge in [-0.3, -0.25) is 9.59 Å². The minimum Gasteiger partial charge on any atom is -0.384 e. The van der Waals surface area contributed by atoms with Gasteiger partial charge < -0.3 is 45.0 Å². The number of aromatic nitrogens is 1. The van der Waals surface area contributed by atoms with E-state index in [1.54, 1.807) is 12.3 Å². The number of primary amides is 1. The van der Waals surface area contributed by atoms with Gasteiger partial charge >= 0.3 is 0 Å². The first-order valence-corrected chi connectivity index (χ1v) is 11.0. The van der Waals surface area contributed by atoms with E-state index in [-0.39, 0.29) is 19.1 Å². The molecule has 0 aromatic carbocycles. The van der Waals surface area contributed by atoms with Gasteiger partial charge in [-0.15, -0.1) is 0 Å². The van der Waals surface area contributed by atoms with Gasteiger partial charge in [-0.25, -0.2) is 4.98 Å². The number of hydrogen-bond donors (Lipinski definition) is 2. The van der Waals surface area contributed by atoms with Crippen LogP contribution in [0.4, 0.5) is 11.5 Å². The molecule has 1 aliphatic heterocycles. The van der Waals surface area contributed by atoms with Crippen molar-refractivity contribution in [2.75, 3.05) is 103 Å². The van der Waals surface area contributed by atoms with Crippen LogP contribution in [0.5, 0.6) is 0 Å². The molecule has 1 aliphatic rings. The number of hydrogen-bond acceptors (Lipinski definition) is 10. The second-order valence-electron chi connectivity index (χ2n) is 7.22. The number of ether oxygens (including phenoxy) is 5. The lowest BCUT2D eigenvalue weighted by Crippen LogP contribution is -2.49. The predicted octanol–water partition coefficient (Wildman–Crippen LogP) is -1.12. The maximum Gasteiger partial charge on any atom is 0.248 e. The monoisotopic (exact) mass is 469 g/mol. The highest BCUT2D eigenvalue weighted by Crippen LogP contribution is 2.16. The Labute approximate surface area is 194 Å². The number of amides is 2. The van der Waals surface area contributed by atoms with E-state index in [1.807, 2.05) is 11.0 Å². The molecule has 1 aromatic rings. The van der Waals surface area contributed by atoms with Gasteiger partial charge in [-0.05, 0) is 12.1 Å². The SMILES string of the molecule is NC(=O)COCCOCCOCCOCCOCC(=O)N1CCN(c2ccc(N)nc2)CC1. The van der Waals surface area contributed by atoms with Gasteiger partial charge in [0.05, 0.1) is 64.7 Å². The predicted molar refractivity (Wildman–Crippen MR) is 121 cm³/mol. The first-order valence-electron chi connectivity index (χ1n) is 11.0. The summed E-state index contributed by atoms with van der Waals surface area (Å²) in [6, 6.07) is 3.71. The minimum atomic E-state index is -0.502. The molecule has 0 aliphatic carbocycles.